The number of sulfonamides is 1. The fourth-order valence-corrected chi connectivity index (χ4v) is 3.41. The van der Waals surface area contributed by atoms with Crippen LogP contribution in [0.3, 0.4) is 0 Å². The van der Waals surface area contributed by atoms with Gasteiger partial charge in [0.1, 0.15) is 5.75 Å². The number of ether oxygens (including phenoxy) is 1. The summed E-state index contributed by atoms with van der Waals surface area (Å²) in [7, 11) is -2.14. The van der Waals surface area contributed by atoms with Gasteiger partial charge in [-0.05, 0) is 51.1 Å². The Morgan fingerprint density at radius 1 is 1.08 bits per heavy atom. The predicted molar refractivity (Wildman–Crippen MR) is 92.7 cm³/mol. The standard InChI is InChI=1S/C18H21NO4S/c1-13(2)19(4)24(21,22)17-7-5-6-15(12-17)18(20)23-16-10-8-14(3)9-11-16/h5-13H,1-4H3. The Bertz CT molecular complexity index is 826. The van der Waals surface area contributed by atoms with Crippen LogP contribution in [0.4, 0.5) is 0 Å². The summed E-state index contributed by atoms with van der Waals surface area (Å²) in [6, 6.07) is 12.8. The van der Waals surface area contributed by atoms with E-state index < -0.39 is 16.0 Å². The number of hydrogen-bond acceptors (Lipinski definition) is 4. The Morgan fingerprint density at radius 3 is 2.29 bits per heavy atom. The topological polar surface area (TPSA) is 63.7 Å². The number of nitrogens with zero attached hydrogens (tertiary/aromatic N) is 1. The monoisotopic (exact) mass is 347 g/mol. The molecule has 2 aromatic rings. The van der Waals surface area contributed by atoms with Crippen molar-refractivity contribution in [3.05, 3.63) is 59.7 Å². The number of hydrogen-bond donors (Lipinski definition) is 0. The highest BCUT2D eigenvalue weighted by Gasteiger charge is 2.24. The van der Waals surface area contributed by atoms with E-state index in [-0.39, 0.29) is 16.5 Å². The number of esters is 1. The lowest BCUT2D eigenvalue weighted by atomic mass is 10.2. The first-order valence-corrected chi connectivity index (χ1v) is 9.03. The van der Waals surface area contributed by atoms with E-state index in [0.29, 0.717) is 5.75 Å². The fourth-order valence-electron chi connectivity index (χ4n) is 2.00. The maximum absolute atomic E-state index is 12.5. The van der Waals surface area contributed by atoms with Crippen LogP contribution in [-0.4, -0.2) is 31.8 Å². The van der Waals surface area contributed by atoms with Crippen molar-refractivity contribution in [2.24, 2.45) is 0 Å². The van der Waals surface area contributed by atoms with E-state index in [1.807, 2.05) is 19.1 Å². The molecular weight excluding hydrogens is 326 g/mol. The molecule has 0 unspecified atom stereocenters. The van der Waals surface area contributed by atoms with Gasteiger partial charge in [0.05, 0.1) is 10.5 Å². The summed E-state index contributed by atoms with van der Waals surface area (Å²) in [6.07, 6.45) is 0. The van der Waals surface area contributed by atoms with Crippen LogP contribution in [0.2, 0.25) is 0 Å². The lowest BCUT2D eigenvalue weighted by Gasteiger charge is -2.21. The molecule has 2 rings (SSSR count). The molecule has 24 heavy (non-hydrogen) atoms. The highest BCUT2D eigenvalue weighted by atomic mass is 32.2. The minimum absolute atomic E-state index is 0.0667. The Morgan fingerprint density at radius 2 is 1.71 bits per heavy atom. The Balaban J connectivity index is 2.27. The van der Waals surface area contributed by atoms with Crippen LogP contribution in [0.1, 0.15) is 29.8 Å². The third kappa shape index (κ3) is 4.01. The van der Waals surface area contributed by atoms with Gasteiger partial charge in [0.25, 0.3) is 0 Å². The van der Waals surface area contributed by atoms with Gasteiger partial charge in [-0.25, -0.2) is 13.2 Å². The fraction of sp³-hybridized carbons (Fsp3) is 0.278. The zero-order valence-electron chi connectivity index (χ0n) is 14.2. The van der Waals surface area contributed by atoms with Gasteiger partial charge in [0, 0.05) is 13.1 Å². The Kier molecular flexibility index (Phi) is 5.41. The largest absolute Gasteiger partial charge is 0.423 e. The molecule has 0 saturated carbocycles. The van der Waals surface area contributed by atoms with E-state index in [9.17, 15) is 13.2 Å². The summed E-state index contributed by atoms with van der Waals surface area (Å²) in [5.74, 6) is -0.179. The van der Waals surface area contributed by atoms with Gasteiger partial charge in [-0.1, -0.05) is 23.8 Å². The molecule has 0 atom stereocenters. The molecule has 0 aliphatic heterocycles. The quantitative estimate of drug-likeness (QED) is 0.615. The van der Waals surface area contributed by atoms with Gasteiger partial charge in [-0.3, -0.25) is 0 Å². The van der Waals surface area contributed by atoms with Gasteiger partial charge in [-0.15, -0.1) is 0 Å². The number of carbonyl (C=O) groups excluding carboxylic acids is 1. The molecule has 0 aromatic heterocycles. The van der Waals surface area contributed by atoms with E-state index in [0.717, 1.165) is 5.56 Å². The first kappa shape index (κ1) is 18.2. The molecular formula is C18H21NO4S. The highest BCUT2D eigenvalue weighted by molar-refractivity contribution is 7.89. The van der Waals surface area contributed by atoms with Crippen LogP contribution >= 0.6 is 0 Å². The first-order chi connectivity index (χ1) is 11.2. The van der Waals surface area contributed by atoms with Crippen molar-refractivity contribution >= 4 is 16.0 Å². The smallest absolute Gasteiger partial charge is 0.343 e. The average Bonchev–Trinajstić information content (AvgIpc) is 2.56. The zero-order valence-corrected chi connectivity index (χ0v) is 15.0. The summed E-state index contributed by atoms with van der Waals surface area (Å²) in [6.45, 7) is 5.51. The molecule has 2 aromatic carbocycles. The van der Waals surface area contributed by atoms with Crippen molar-refractivity contribution in [3.8, 4) is 5.75 Å². The second kappa shape index (κ2) is 7.15. The second-order valence-electron chi connectivity index (χ2n) is 5.85. The SMILES string of the molecule is Cc1ccc(OC(=O)c2cccc(S(=O)(=O)N(C)C(C)C)c2)cc1. The van der Waals surface area contributed by atoms with E-state index in [1.165, 1.54) is 35.6 Å². The number of aryl methyl sites for hydroxylation is 1. The third-order valence-corrected chi connectivity index (χ3v) is 5.74. The van der Waals surface area contributed by atoms with Crippen LogP contribution in [0.15, 0.2) is 53.4 Å². The van der Waals surface area contributed by atoms with E-state index in [1.54, 1.807) is 26.0 Å². The maximum Gasteiger partial charge on any atom is 0.343 e. The number of carbonyl (C=O) groups is 1. The van der Waals surface area contributed by atoms with Crippen molar-refractivity contribution < 1.29 is 17.9 Å². The molecule has 0 fully saturated rings. The second-order valence-corrected chi connectivity index (χ2v) is 7.84. The normalized spacial score (nSPS) is 11.8. The average molecular weight is 347 g/mol. The minimum atomic E-state index is -3.65. The van der Waals surface area contributed by atoms with Crippen molar-refractivity contribution in [2.45, 2.75) is 31.7 Å². The third-order valence-electron chi connectivity index (χ3n) is 3.71. The van der Waals surface area contributed by atoms with E-state index in [4.69, 9.17) is 4.74 Å². The van der Waals surface area contributed by atoms with Gasteiger partial charge < -0.3 is 4.74 Å². The zero-order chi connectivity index (χ0) is 17.9. The summed E-state index contributed by atoms with van der Waals surface area (Å²) >= 11 is 0. The Labute approximate surface area is 142 Å². The lowest BCUT2D eigenvalue weighted by Crippen LogP contribution is -2.33. The van der Waals surface area contributed by atoms with E-state index in [2.05, 4.69) is 0 Å². The first-order valence-electron chi connectivity index (χ1n) is 7.59. The molecule has 0 heterocycles. The minimum Gasteiger partial charge on any atom is -0.423 e. The van der Waals surface area contributed by atoms with Crippen LogP contribution in [-0.2, 0) is 10.0 Å². The molecule has 0 spiro atoms. The predicted octanol–water partition coefficient (Wildman–Crippen LogP) is 3.24. The van der Waals surface area contributed by atoms with E-state index >= 15 is 0 Å². The molecule has 128 valence electrons. The summed E-state index contributed by atoms with van der Waals surface area (Å²) in [5.41, 5.74) is 1.24. The molecule has 0 aliphatic rings. The summed E-state index contributed by atoms with van der Waals surface area (Å²) in [4.78, 5) is 12.3. The van der Waals surface area contributed by atoms with Gasteiger partial charge >= 0.3 is 5.97 Å². The van der Waals surface area contributed by atoms with Crippen LogP contribution < -0.4 is 4.74 Å². The van der Waals surface area contributed by atoms with Crippen LogP contribution in [0, 0.1) is 6.92 Å². The molecule has 0 radical (unpaired) electrons. The summed E-state index contributed by atoms with van der Waals surface area (Å²) < 4.78 is 31.6. The van der Waals surface area contributed by atoms with Crippen molar-refractivity contribution in [2.75, 3.05) is 7.05 Å². The molecule has 6 heteroatoms. The molecule has 0 bridgehead atoms. The van der Waals surface area contributed by atoms with Crippen LogP contribution in [0.5, 0.6) is 5.75 Å². The van der Waals surface area contributed by atoms with Gasteiger partial charge in [0.2, 0.25) is 10.0 Å². The Hall–Kier alpha value is -2.18. The van der Waals surface area contributed by atoms with Gasteiger partial charge in [-0.2, -0.15) is 4.31 Å². The molecule has 5 nitrogen and oxygen atoms in total. The molecule has 0 amide bonds. The van der Waals surface area contributed by atoms with Crippen molar-refractivity contribution in [1.82, 2.24) is 4.31 Å². The maximum atomic E-state index is 12.5. The molecule has 0 aliphatic carbocycles. The molecule has 0 saturated heterocycles. The lowest BCUT2D eigenvalue weighted by molar-refractivity contribution is 0.0734. The van der Waals surface area contributed by atoms with Crippen LogP contribution in [0.25, 0.3) is 0 Å². The molecule has 0 N–H and O–H groups in total. The van der Waals surface area contributed by atoms with Crippen molar-refractivity contribution in [3.63, 3.8) is 0 Å². The number of rotatable bonds is 5. The van der Waals surface area contributed by atoms with Crippen molar-refractivity contribution in [1.29, 1.82) is 0 Å². The number of benzene rings is 2. The summed E-state index contributed by atoms with van der Waals surface area (Å²) in [5, 5.41) is 0. The highest BCUT2D eigenvalue weighted by Crippen LogP contribution is 2.19. The van der Waals surface area contributed by atoms with Gasteiger partial charge in [0.15, 0.2) is 0 Å².